The van der Waals surface area contributed by atoms with Crippen molar-refractivity contribution in [2.45, 2.75) is 71.8 Å². The molecule has 0 bridgehead atoms. The normalized spacial score (nSPS) is 15.7. The number of hydrogen-bond acceptors (Lipinski definition) is 1. The van der Waals surface area contributed by atoms with Crippen LogP contribution in [0.4, 0.5) is 0 Å². The Hall–Kier alpha value is -0.0400. The molecular formula is C12H26O. The van der Waals surface area contributed by atoms with Crippen molar-refractivity contribution in [1.29, 1.82) is 0 Å². The van der Waals surface area contributed by atoms with Crippen molar-refractivity contribution < 1.29 is 5.11 Å². The fourth-order valence-electron chi connectivity index (χ4n) is 1.83. The van der Waals surface area contributed by atoms with Crippen molar-refractivity contribution in [3.63, 3.8) is 0 Å². The molecule has 1 nitrogen and oxygen atoms in total. The summed E-state index contributed by atoms with van der Waals surface area (Å²) in [4.78, 5) is 0. The minimum absolute atomic E-state index is 0.115. The highest BCUT2D eigenvalue weighted by molar-refractivity contribution is 4.61. The molecule has 0 amide bonds. The predicted octanol–water partition coefficient (Wildman–Crippen LogP) is 3.75. The van der Waals surface area contributed by atoms with Gasteiger partial charge in [0.2, 0.25) is 0 Å². The van der Waals surface area contributed by atoms with Gasteiger partial charge in [-0.2, -0.15) is 0 Å². The van der Waals surface area contributed by atoms with Crippen molar-refractivity contribution in [2.24, 2.45) is 5.92 Å². The summed E-state index contributed by atoms with van der Waals surface area (Å²) in [5, 5.41) is 9.26. The third kappa shape index (κ3) is 8.29. The average molecular weight is 186 g/mol. The number of rotatable bonds is 8. The molecule has 0 heterocycles. The zero-order chi connectivity index (χ0) is 10.1. The number of aliphatic hydroxyl groups excluding tert-OH is 1. The standard InChI is InChI=1S/C12H26O/c1-4-6-7-8-9-12(5-2)10-11(3)13/h11-13H,4-10H2,1-3H3. The highest BCUT2D eigenvalue weighted by Gasteiger charge is 2.08. The summed E-state index contributed by atoms with van der Waals surface area (Å²) in [7, 11) is 0. The van der Waals surface area contributed by atoms with Crippen LogP contribution in [-0.4, -0.2) is 11.2 Å². The van der Waals surface area contributed by atoms with Crippen LogP contribution in [0.5, 0.6) is 0 Å². The topological polar surface area (TPSA) is 20.2 Å². The van der Waals surface area contributed by atoms with Crippen LogP contribution in [0, 0.1) is 5.92 Å². The van der Waals surface area contributed by atoms with Gasteiger partial charge in [-0.25, -0.2) is 0 Å². The van der Waals surface area contributed by atoms with E-state index in [1.54, 1.807) is 0 Å². The summed E-state index contributed by atoms with van der Waals surface area (Å²) < 4.78 is 0. The maximum absolute atomic E-state index is 9.26. The minimum Gasteiger partial charge on any atom is -0.393 e. The Balaban J connectivity index is 3.36. The quantitative estimate of drug-likeness (QED) is 0.572. The molecule has 0 spiro atoms. The molecule has 0 saturated carbocycles. The van der Waals surface area contributed by atoms with Crippen LogP contribution in [0.3, 0.4) is 0 Å². The molecule has 13 heavy (non-hydrogen) atoms. The summed E-state index contributed by atoms with van der Waals surface area (Å²) in [6, 6.07) is 0. The van der Waals surface area contributed by atoms with E-state index in [2.05, 4.69) is 13.8 Å². The maximum atomic E-state index is 9.26. The Morgan fingerprint density at radius 2 is 1.77 bits per heavy atom. The van der Waals surface area contributed by atoms with Gasteiger partial charge in [0.25, 0.3) is 0 Å². The molecule has 2 unspecified atom stereocenters. The molecule has 0 fully saturated rings. The van der Waals surface area contributed by atoms with E-state index in [1.165, 1.54) is 38.5 Å². The lowest BCUT2D eigenvalue weighted by Crippen LogP contribution is -2.09. The number of unbranched alkanes of at least 4 members (excludes halogenated alkanes) is 3. The van der Waals surface area contributed by atoms with E-state index in [-0.39, 0.29) is 6.10 Å². The van der Waals surface area contributed by atoms with Crippen molar-refractivity contribution in [1.82, 2.24) is 0 Å². The van der Waals surface area contributed by atoms with E-state index in [1.807, 2.05) is 6.92 Å². The van der Waals surface area contributed by atoms with Crippen molar-refractivity contribution in [3.05, 3.63) is 0 Å². The van der Waals surface area contributed by atoms with Gasteiger partial charge in [0.05, 0.1) is 6.10 Å². The minimum atomic E-state index is -0.115. The molecule has 0 aliphatic carbocycles. The average Bonchev–Trinajstić information content (AvgIpc) is 2.09. The molecule has 2 atom stereocenters. The lowest BCUT2D eigenvalue weighted by Gasteiger charge is -2.16. The van der Waals surface area contributed by atoms with E-state index in [0.29, 0.717) is 0 Å². The first-order chi connectivity index (χ1) is 6.20. The molecule has 80 valence electrons. The maximum Gasteiger partial charge on any atom is 0.0514 e. The molecule has 0 aliphatic heterocycles. The van der Waals surface area contributed by atoms with E-state index >= 15 is 0 Å². The molecular weight excluding hydrogens is 160 g/mol. The molecule has 0 aromatic carbocycles. The zero-order valence-electron chi connectivity index (χ0n) is 9.55. The Bertz CT molecular complexity index is 99.3. The molecule has 0 rings (SSSR count). The van der Waals surface area contributed by atoms with Crippen LogP contribution in [-0.2, 0) is 0 Å². The van der Waals surface area contributed by atoms with Crippen LogP contribution in [0.15, 0.2) is 0 Å². The van der Waals surface area contributed by atoms with Gasteiger partial charge in [0.1, 0.15) is 0 Å². The van der Waals surface area contributed by atoms with Gasteiger partial charge in [-0.1, -0.05) is 52.4 Å². The van der Waals surface area contributed by atoms with Gasteiger partial charge in [-0.05, 0) is 19.3 Å². The van der Waals surface area contributed by atoms with Crippen LogP contribution >= 0.6 is 0 Å². The molecule has 0 saturated heterocycles. The van der Waals surface area contributed by atoms with Gasteiger partial charge in [0, 0.05) is 0 Å². The molecule has 1 heteroatoms. The third-order valence-corrected chi connectivity index (χ3v) is 2.72. The second kappa shape index (κ2) is 8.55. The first kappa shape index (κ1) is 13.0. The first-order valence-electron chi connectivity index (χ1n) is 5.88. The lowest BCUT2D eigenvalue weighted by molar-refractivity contribution is 0.155. The highest BCUT2D eigenvalue weighted by Crippen LogP contribution is 2.19. The van der Waals surface area contributed by atoms with Crippen molar-refractivity contribution >= 4 is 0 Å². The largest absolute Gasteiger partial charge is 0.393 e. The van der Waals surface area contributed by atoms with Crippen LogP contribution in [0.1, 0.15) is 65.7 Å². The number of hydrogen-bond donors (Lipinski definition) is 1. The second-order valence-corrected chi connectivity index (χ2v) is 4.21. The summed E-state index contributed by atoms with van der Waals surface area (Å²) in [5.74, 6) is 0.747. The molecule has 0 radical (unpaired) electrons. The fourth-order valence-corrected chi connectivity index (χ4v) is 1.83. The molecule has 0 aromatic rings. The van der Waals surface area contributed by atoms with Crippen molar-refractivity contribution in [3.8, 4) is 0 Å². The van der Waals surface area contributed by atoms with E-state index in [4.69, 9.17) is 0 Å². The summed E-state index contributed by atoms with van der Waals surface area (Å²) in [6.45, 7) is 6.37. The van der Waals surface area contributed by atoms with Gasteiger partial charge >= 0.3 is 0 Å². The smallest absolute Gasteiger partial charge is 0.0514 e. The summed E-state index contributed by atoms with van der Waals surface area (Å²) >= 11 is 0. The van der Waals surface area contributed by atoms with E-state index < -0.39 is 0 Å². The molecule has 0 aromatic heterocycles. The fraction of sp³-hybridized carbons (Fsp3) is 1.00. The van der Waals surface area contributed by atoms with Crippen LogP contribution < -0.4 is 0 Å². The third-order valence-electron chi connectivity index (χ3n) is 2.72. The van der Waals surface area contributed by atoms with E-state index in [0.717, 1.165) is 12.3 Å². The van der Waals surface area contributed by atoms with Gasteiger partial charge in [-0.15, -0.1) is 0 Å². The van der Waals surface area contributed by atoms with E-state index in [9.17, 15) is 5.11 Å². The van der Waals surface area contributed by atoms with Gasteiger partial charge in [0.15, 0.2) is 0 Å². The van der Waals surface area contributed by atoms with Crippen LogP contribution in [0.2, 0.25) is 0 Å². The molecule has 1 N–H and O–H groups in total. The summed E-state index contributed by atoms with van der Waals surface area (Å²) in [5.41, 5.74) is 0. The monoisotopic (exact) mass is 186 g/mol. The zero-order valence-corrected chi connectivity index (χ0v) is 9.55. The number of aliphatic hydroxyl groups is 1. The Labute approximate surface area is 83.5 Å². The van der Waals surface area contributed by atoms with Crippen LogP contribution in [0.25, 0.3) is 0 Å². The molecule has 0 aliphatic rings. The second-order valence-electron chi connectivity index (χ2n) is 4.21. The lowest BCUT2D eigenvalue weighted by atomic mass is 9.93. The SMILES string of the molecule is CCCCCCC(CC)CC(C)O. The highest BCUT2D eigenvalue weighted by atomic mass is 16.3. The summed E-state index contributed by atoms with van der Waals surface area (Å²) in [6.07, 6.45) is 8.79. The van der Waals surface area contributed by atoms with Gasteiger partial charge < -0.3 is 5.11 Å². The van der Waals surface area contributed by atoms with Gasteiger partial charge in [-0.3, -0.25) is 0 Å². The Morgan fingerprint density at radius 3 is 2.23 bits per heavy atom. The first-order valence-corrected chi connectivity index (χ1v) is 5.88. The predicted molar refractivity (Wildman–Crippen MR) is 58.8 cm³/mol. The Morgan fingerprint density at radius 1 is 1.08 bits per heavy atom. The van der Waals surface area contributed by atoms with Crippen molar-refractivity contribution in [2.75, 3.05) is 0 Å². The Kier molecular flexibility index (Phi) is 8.53.